The van der Waals surface area contributed by atoms with Crippen LogP contribution >= 0.6 is 0 Å². The molecule has 1 atom stereocenters. The summed E-state index contributed by atoms with van der Waals surface area (Å²) in [7, 11) is 0. The van der Waals surface area contributed by atoms with Crippen LogP contribution in [0.3, 0.4) is 0 Å². The van der Waals surface area contributed by atoms with Crippen molar-refractivity contribution in [2.45, 2.75) is 19.1 Å². The lowest BCUT2D eigenvalue weighted by molar-refractivity contribution is -0.153. The van der Waals surface area contributed by atoms with Crippen molar-refractivity contribution in [3.63, 3.8) is 0 Å². The predicted octanol–water partition coefficient (Wildman–Crippen LogP) is 1.34. The van der Waals surface area contributed by atoms with Crippen LogP contribution in [0.1, 0.15) is 6.92 Å². The zero-order chi connectivity index (χ0) is 20.9. The van der Waals surface area contributed by atoms with E-state index in [0.717, 1.165) is 11.0 Å². The Morgan fingerprint density at radius 2 is 2.14 bits per heavy atom. The van der Waals surface area contributed by atoms with Gasteiger partial charge in [-0.15, -0.1) is 0 Å². The van der Waals surface area contributed by atoms with E-state index in [0.29, 0.717) is 12.3 Å². The molecule has 0 aromatic heterocycles. The van der Waals surface area contributed by atoms with Crippen LogP contribution in [0.15, 0.2) is 18.2 Å². The Morgan fingerprint density at radius 3 is 2.68 bits per heavy atom. The Labute approximate surface area is 159 Å². The number of ether oxygens (including phenoxy) is 1. The quantitative estimate of drug-likeness (QED) is 0.668. The van der Waals surface area contributed by atoms with Gasteiger partial charge in [0, 0.05) is 18.8 Å². The molecule has 2 rings (SSSR count). The van der Waals surface area contributed by atoms with E-state index in [-0.39, 0.29) is 37.8 Å². The van der Waals surface area contributed by atoms with Crippen molar-refractivity contribution in [3.05, 3.63) is 24.0 Å². The average molecular weight is 406 g/mol. The average Bonchev–Trinajstić information content (AvgIpc) is 2.62. The molecule has 0 radical (unpaired) electrons. The van der Waals surface area contributed by atoms with Gasteiger partial charge in [0.15, 0.2) is 0 Å². The van der Waals surface area contributed by atoms with Crippen LogP contribution in [0.4, 0.5) is 28.9 Å². The SMILES string of the molecule is CCN(CC(F)(F)F)[C@@H](CN)C(=O)Nc1ccc(N2CCOCC2=O)cc1F. The molecule has 1 heterocycles. The van der Waals surface area contributed by atoms with Crippen LogP contribution in [0.5, 0.6) is 0 Å². The molecule has 3 N–H and O–H groups in total. The fourth-order valence-electron chi connectivity index (χ4n) is 2.87. The molecule has 11 heteroatoms. The van der Waals surface area contributed by atoms with Crippen molar-refractivity contribution in [2.24, 2.45) is 5.73 Å². The van der Waals surface area contributed by atoms with Gasteiger partial charge in [0.25, 0.3) is 5.91 Å². The minimum atomic E-state index is -4.50. The highest BCUT2D eigenvalue weighted by molar-refractivity contribution is 5.97. The van der Waals surface area contributed by atoms with Crippen LogP contribution < -0.4 is 16.0 Å². The summed E-state index contributed by atoms with van der Waals surface area (Å²) in [6.07, 6.45) is -4.50. The molecule has 1 aliphatic rings. The number of carbonyl (C=O) groups excluding carboxylic acids is 2. The number of rotatable bonds is 7. The molecule has 0 spiro atoms. The van der Waals surface area contributed by atoms with Crippen molar-refractivity contribution in [3.8, 4) is 0 Å². The monoisotopic (exact) mass is 406 g/mol. The summed E-state index contributed by atoms with van der Waals surface area (Å²) in [5.74, 6) is -1.99. The first-order chi connectivity index (χ1) is 13.2. The summed E-state index contributed by atoms with van der Waals surface area (Å²) in [4.78, 5) is 26.4. The minimum Gasteiger partial charge on any atom is -0.370 e. The molecule has 7 nitrogen and oxygen atoms in total. The van der Waals surface area contributed by atoms with Gasteiger partial charge >= 0.3 is 6.18 Å². The first-order valence-corrected chi connectivity index (χ1v) is 8.65. The zero-order valence-corrected chi connectivity index (χ0v) is 15.3. The van der Waals surface area contributed by atoms with E-state index in [1.807, 2.05) is 0 Å². The van der Waals surface area contributed by atoms with Crippen molar-refractivity contribution < 1.29 is 31.9 Å². The van der Waals surface area contributed by atoms with Crippen molar-refractivity contribution in [1.29, 1.82) is 0 Å². The van der Waals surface area contributed by atoms with Gasteiger partial charge in [-0.2, -0.15) is 13.2 Å². The molecule has 1 aliphatic heterocycles. The maximum Gasteiger partial charge on any atom is 0.401 e. The second-order valence-electron chi connectivity index (χ2n) is 6.18. The number of amides is 2. The Bertz CT molecular complexity index is 714. The minimum absolute atomic E-state index is 0.0602. The molecule has 2 amide bonds. The zero-order valence-electron chi connectivity index (χ0n) is 15.3. The normalized spacial score (nSPS) is 16.4. The first-order valence-electron chi connectivity index (χ1n) is 8.65. The summed E-state index contributed by atoms with van der Waals surface area (Å²) < 4.78 is 57.5. The number of halogens is 4. The third-order valence-electron chi connectivity index (χ3n) is 4.26. The molecular weight excluding hydrogens is 384 g/mol. The van der Waals surface area contributed by atoms with Gasteiger partial charge in [-0.1, -0.05) is 6.92 Å². The van der Waals surface area contributed by atoms with Gasteiger partial charge < -0.3 is 20.7 Å². The summed E-state index contributed by atoms with van der Waals surface area (Å²) in [6.45, 7) is 0.214. The maximum absolute atomic E-state index is 14.4. The number of benzene rings is 1. The lowest BCUT2D eigenvalue weighted by atomic mass is 10.2. The van der Waals surface area contributed by atoms with E-state index in [9.17, 15) is 27.2 Å². The molecule has 0 unspecified atom stereocenters. The van der Waals surface area contributed by atoms with E-state index in [2.05, 4.69) is 5.32 Å². The van der Waals surface area contributed by atoms with E-state index in [1.165, 1.54) is 24.0 Å². The van der Waals surface area contributed by atoms with Gasteiger partial charge in [0.05, 0.1) is 18.8 Å². The van der Waals surface area contributed by atoms with E-state index >= 15 is 0 Å². The molecule has 1 fully saturated rings. The first kappa shape index (κ1) is 22.1. The number of morpholine rings is 1. The molecule has 0 saturated carbocycles. The Morgan fingerprint density at radius 1 is 1.43 bits per heavy atom. The van der Waals surface area contributed by atoms with Crippen LogP contribution in [-0.4, -0.2) is 68.3 Å². The largest absolute Gasteiger partial charge is 0.401 e. The van der Waals surface area contributed by atoms with E-state index in [4.69, 9.17) is 10.5 Å². The number of likely N-dealkylation sites (N-methyl/N-ethyl adjacent to an activating group) is 1. The Hall–Kier alpha value is -2.24. The molecule has 1 saturated heterocycles. The van der Waals surface area contributed by atoms with Gasteiger partial charge in [-0.05, 0) is 24.7 Å². The second-order valence-corrected chi connectivity index (χ2v) is 6.18. The van der Waals surface area contributed by atoms with Crippen molar-refractivity contribution >= 4 is 23.2 Å². The Kier molecular flexibility index (Phi) is 7.33. The van der Waals surface area contributed by atoms with Gasteiger partial charge in [0.2, 0.25) is 5.91 Å². The number of hydrogen-bond acceptors (Lipinski definition) is 5. The molecule has 28 heavy (non-hydrogen) atoms. The lowest BCUT2D eigenvalue weighted by Crippen LogP contribution is -2.51. The number of alkyl halides is 3. The van der Waals surface area contributed by atoms with Gasteiger partial charge in [0.1, 0.15) is 18.5 Å². The third kappa shape index (κ3) is 5.63. The fraction of sp³-hybridized carbons (Fsp3) is 0.529. The van der Waals surface area contributed by atoms with Gasteiger partial charge in [-0.3, -0.25) is 14.5 Å². The van der Waals surface area contributed by atoms with Crippen molar-refractivity contribution in [1.82, 2.24) is 4.90 Å². The van der Waals surface area contributed by atoms with Gasteiger partial charge in [-0.25, -0.2) is 4.39 Å². The number of nitrogens with one attached hydrogen (secondary N) is 1. The molecule has 156 valence electrons. The van der Waals surface area contributed by atoms with Crippen LogP contribution in [0.2, 0.25) is 0 Å². The number of hydrogen-bond donors (Lipinski definition) is 2. The number of carbonyl (C=O) groups is 2. The summed E-state index contributed by atoms with van der Waals surface area (Å²) >= 11 is 0. The van der Waals surface area contributed by atoms with Crippen LogP contribution in [-0.2, 0) is 14.3 Å². The number of nitrogens with two attached hydrogens (primary N) is 1. The number of nitrogens with zero attached hydrogens (tertiary/aromatic N) is 2. The van der Waals surface area contributed by atoms with E-state index in [1.54, 1.807) is 0 Å². The standard InChI is InChI=1S/C17H22F4N4O3/c1-2-24(10-17(19,20)21)14(8-22)16(27)23-13-4-3-11(7-12(13)18)25-5-6-28-9-15(25)26/h3-4,7,14H,2,5-6,8-10,22H2,1H3,(H,23,27)/t14-/m0/s1. The van der Waals surface area contributed by atoms with E-state index < -0.39 is 30.5 Å². The fourth-order valence-corrected chi connectivity index (χ4v) is 2.87. The summed E-state index contributed by atoms with van der Waals surface area (Å²) in [5, 5.41) is 2.27. The molecular formula is C17H22F4N4O3. The molecule has 0 aliphatic carbocycles. The maximum atomic E-state index is 14.4. The lowest BCUT2D eigenvalue weighted by Gasteiger charge is -2.29. The highest BCUT2D eigenvalue weighted by Gasteiger charge is 2.35. The highest BCUT2D eigenvalue weighted by atomic mass is 19.4. The van der Waals surface area contributed by atoms with Crippen LogP contribution in [0.25, 0.3) is 0 Å². The summed E-state index contributed by atoms with van der Waals surface area (Å²) in [5.41, 5.74) is 5.56. The molecule has 1 aromatic rings. The highest BCUT2D eigenvalue weighted by Crippen LogP contribution is 2.24. The Balaban J connectivity index is 2.12. The van der Waals surface area contributed by atoms with Crippen molar-refractivity contribution in [2.75, 3.05) is 49.6 Å². The topological polar surface area (TPSA) is 87.9 Å². The summed E-state index contributed by atoms with van der Waals surface area (Å²) in [6, 6.07) is 2.49. The molecule has 1 aromatic carbocycles. The number of anilines is 2. The molecule has 0 bridgehead atoms. The third-order valence-corrected chi connectivity index (χ3v) is 4.26. The second kappa shape index (κ2) is 9.30. The smallest absolute Gasteiger partial charge is 0.370 e. The van der Waals surface area contributed by atoms with Crippen LogP contribution in [0, 0.1) is 5.82 Å². The predicted molar refractivity (Wildman–Crippen MR) is 94.3 cm³/mol.